The van der Waals surface area contributed by atoms with Crippen molar-refractivity contribution in [2.24, 2.45) is 5.92 Å². The summed E-state index contributed by atoms with van der Waals surface area (Å²) < 4.78 is 11.8. The van der Waals surface area contributed by atoms with Gasteiger partial charge in [0.1, 0.15) is 18.1 Å². The van der Waals surface area contributed by atoms with Gasteiger partial charge in [0.2, 0.25) is 0 Å². The number of aliphatic carboxylic acids is 1. The maximum atomic E-state index is 13.1. The maximum absolute atomic E-state index is 13.1. The van der Waals surface area contributed by atoms with E-state index in [-0.39, 0.29) is 18.9 Å². The zero-order chi connectivity index (χ0) is 26.1. The molecule has 0 aliphatic heterocycles. The number of anilines is 1. The molecule has 0 aliphatic carbocycles. The predicted molar refractivity (Wildman–Crippen MR) is 142 cm³/mol. The van der Waals surface area contributed by atoms with Crippen molar-refractivity contribution in [3.63, 3.8) is 0 Å². The standard InChI is InChI=1S/C30H35NO5/c1-20(2)18-23-11-13-24(14-12-23)19-36-27-16-15-25(21(3)22(27)4)30(34)31-26-8-5-6-9-28(26)35-17-7-10-29(32)33/h5-6,8-9,11-16,20H,7,10,17-19H2,1-4H3,(H,31,34)(H,32,33). The number of hydrogen-bond acceptors (Lipinski definition) is 4. The van der Waals surface area contributed by atoms with E-state index < -0.39 is 5.97 Å². The minimum Gasteiger partial charge on any atom is -0.491 e. The molecule has 3 aromatic carbocycles. The number of carbonyl (C=O) groups excluding carboxylic acids is 1. The van der Waals surface area contributed by atoms with Crippen LogP contribution >= 0.6 is 0 Å². The van der Waals surface area contributed by atoms with Crippen LogP contribution in [0.1, 0.15) is 59.3 Å². The quantitative estimate of drug-likeness (QED) is 0.281. The van der Waals surface area contributed by atoms with Gasteiger partial charge in [-0.3, -0.25) is 9.59 Å². The number of nitrogens with one attached hydrogen (secondary N) is 1. The highest BCUT2D eigenvalue weighted by atomic mass is 16.5. The second kappa shape index (κ2) is 12.8. The van der Waals surface area contributed by atoms with Gasteiger partial charge in [0.25, 0.3) is 5.91 Å². The van der Waals surface area contributed by atoms with Crippen molar-refractivity contribution >= 4 is 17.6 Å². The zero-order valence-electron chi connectivity index (χ0n) is 21.5. The molecule has 0 fully saturated rings. The Hall–Kier alpha value is -3.80. The second-order valence-corrected chi connectivity index (χ2v) is 9.36. The SMILES string of the molecule is Cc1c(OCc2ccc(CC(C)C)cc2)ccc(C(=O)Nc2ccccc2OCCCC(=O)O)c1C. The average molecular weight is 490 g/mol. The minimum atomic E-state index is -0.863. The van der Waals surface area contributed by atoms with E-state index in [0.29, 0.717) is 35.9 Å². The topological polar surface area (TPSA) is 84.9 Å². The van der Waals surface area contributed by atoms with Gasteiger partial charge in [-0.05, 0) is 79.1 Å². The Bertz CT molecular complexity index is 1180. The number of carboxylic acid groups (broad SMARTS) is 1. The van der Waals surface area contributed by atoms with Crippen LogP contribution in [0.25, 0.3) is 0 Å². The second-order valence-electron chi connectivity index (χ2n) is 9.36. The van der Waals surface area contributed by atoms with E-state index in [1.807, 2.05) is 32.0 Å². The molecule has 0 aliphatic rings. The fraction of sp³-hybridized carbons (Fsp3) is 0.333. The van der Waals surface area contributed by atoms with Gasteiger partial charge in [0.15, 0.2) is 0 Å². The molecule has 0 unspecified atom stereocenters. The molecule has 0 saturated heterocycles. The number of benzene rings is 3. The van der Waals surface area contributed by atoms with Gasteiger partial charge >= 0.3 is 5.97 Å². The molecule has 0 aromatic heterocycles. The van der Waals surface area contributed by atoms with Crippen LogP contribution in [0.5, 0.6) is 11.5 Å². The third-order valence-corrected chi connectivity index (χ3v) is 5.97. The fourth-order valence-corrected chi connectivity index (χ4v) is 3.89. The fourth-order valence-electron chi connectivity index (χ4n) is 3.89. The van der Waals surface area contributed by atoms with Crippen molar-refractivity contribution in [3.8, 4) is 11.5 Å². The van der Waals surface area contributed by atoms with Gasteiger partial charge in [-0.25, -0.2) is 0 Å². The highest BCUT2D eigenvalue weighted by Crippen LogP contribution is 2.28. The number of para-hydroxylation sites is 2. The lowest BCUT2D eigenvalue weighted by molar-refractivity contribution is -0.137. The third kappa shape index (κ3) is 7.60. The van der Waals surface area contributed by atoms with E-state index in [9.17, 15) is 9.59 Å². The predicted octanol–water partition coefficient (Wildman–Crippen LogP) is 6.58. The molecule has 0 spiro atoms. The molecular weight excluding hydrogens is 454 g/mol. The first kappa shape index (κ1) is 26.8. The van der Waals surface area contributed by atoms with Gasteiger partial charge in [-0.2, -0.15) is 0 Å². The van der Waals surface area contributed by atoms with Gasteiger partial charge < -0.3 is 19.9 Å². The lowest BCUT2D eigenvalue weighted by atomic mass is 10.0. The van der Waals surface area contributed by atoms with Crippen LogP contribution in [0.2, 0.25) is 0 Å². The number of hydrogen-bond donors (Lipinski definition) is 2. The number of carboxylic acids is 1. The number of amides is 1. The van der Waals surface area contributed by atoms with E-state index in [4.69, 9.17) is 14.6 Å². The maximum Gasteiger partial charge on any atom is 0.303 e. The molecule has 0 saturated carbocycles. The Kier molecular flexibility index (Phi) is 9.51. The Morgan fingerprint density at radius 2 is 1.56 bits per heavy atom. The Labute approximate surface area is 213 Å². The first-order valence-corrected chi connectivity index (χ1v) is 12.3. The Morgan fingerprint density at radius 1 is 0.861 bits per heavy atom. The van der Waals surface area contributed by atoms with Crippen LogP contribution < -0.4 is 14.8 Å². The van der Waals surface area contributed by atoms with Crippen LogP contribution in [0.4, 0.5) is 5.69 Å². The van der Waals surface area contributed by atoms with Gasteiger partial charge in [-0.15, -0.1) is 0 Å². The molecule has 36 heavy (non-hydrogen) atoms. The number of rotatable bonds is 12. The summed E-state index contributed by atoms with van der Waals surface area (Å²) >= 11 is 0. The number of ether oxygens (including phenoxy) is 2. The molecule has 0 radical (unpaired) electrons. The third-order valence-electron chi connectivity index (χ3n) is 5.97. The minimum absolute atomic E-state index is 0.0326. The van der Waals surface area contributed by atoms with Gasteiger partial charge in [0, 0.05) is 12.0 Å². The zero-order valence-corrected chi connectivity index (χ0v) is 21.5. The van der Waals surface area contributed by atoms with Crippen molar-refractivity contribution in [2.45, 2.75) is 53.6 Å². The Balaban J connectivity index is 1.64. The molecule has 2 N–H and O–H groups in total. The van der Waals surface area contributed by atoms with Crippen LogP contribution in [-0.4, -0.2) is 23.6 Å². The van der Waals surface area contributed by atoms with E-state index in [2.05, 4.69) is 43.4 Å². The van der Waals surface area contributed by atoms with E-state index in [1.165, 1.54) is 5.56 Å². The summed E-state index contributed by atoms with van der Waals surface area (Å²) in [5.41, 5.74) is 5.27. The van der Waals surface area contributed by atoms with Crippen molar-refractivity contribution < 1.29 is 24.2 Å². The molecule has 3 aromatic rings. The molecule has 190 valence electrons. The van der Waals surface area contributed by atoms with Crippen molar-refractivity contribution in [1.29, 1.82) is 0 Å². The van der Waals surface area contributed by atoms with Gasteiger partial charge in [0.05, 0.1) is 12.3 Å². The summed E-state index contributed by atoms with van der Waals surface area (Å²) in [5.74, 6) is 0.767. The molecule has 6 heteroatoms. The largest absolute Gasteiger partial charge is 0.491 e. The lowest BCUT2D eigenvalue weighted by Crippen LogP contribution is -2.15. The van der Waals surface area contributed by atoms with Crippen molar-refractivity contribution in [2.75, 3.05) is 11.9 Å². The first-order valence-electron chi connectivity index (χ1n) is 12.3. The average Bonchev–Trinajstić information content (AvgIpc) is 2.84. The highest BCUT2D eigenvalue weighted by Gasteiger charge is 2.16. The van der Waals surface area contributed by atoms with Gasteiger partial charge in [-0.1, -0.05) is 50.2 Å². The normalized spacial score (nSPS) is 10.8. The van der Waals surface area contributed by atoms with E-state index in [1.54, 1.807) is 18.2 Å². The van der Waals surface area contributed by atoms with Crippen LogP contribution in [0, 0.1) is 19.8 Å². The van der Waals surface area contributed by atoms with Crippen LogP contribution in [0.3, 0.4) is 0 Å². The van der Waals surface area contributed by atoms with E-state index in [0.717, 1.165) is 28.9 Å². The summed E-state index contributed by atoms with van der Waals surface area (Å²) in [6.07, 6.45) is 1.48. The number of carbonyl (C=O) groups is 2. The van der Waals surface area contributed by atoms with Crippen LogP contribution in [-0.2, 0) is 17.8 Å². The molecule has 6 nitrogen and oxygen atoms in total. The lowest BCUT2D eigenvalue weighted by Gasteiger charge is -2.16. The monoisotopic (exact) mass is 489 g/mol. The molecule has 1 amide bonds. The molecule has 3 rings (SSSR count). The molecular formula is C30H35NO5. The van der Waals surface area contributed by atoms with Crippen LogP contribution in [0.15, 0.2) is 60.7 Å². The Morgan fingerprint density at radius 3 is 2.25 bits per heavy atom. The van der Waals surface area contributed by atoms with E-state index >= 15 is 0 Å². The summed E-state index contributed by atoms with van der Waals surface area (Å²) in [6.45, 7) is 9.00. The summed E-state index contributed by atoms with van der Waals surface area (Å²) in [7, 11) is 0. The van der Waals surface area contributed by atoms with Crippen molar-refractivity contribution in [1.82, 2.24) is 0 Å². The molecule has 0 atom stereocenters. The molecule has 0 heterocycles. The summed E-state index contributed by atoms with van der Waals surface area (Å²) in [6, 6.07) is 19.2. The first-order chi connectivity index (χ1) is 17.2. The smallest absolute Gasteiger partial charge is 0.303 e. The van der Waals surface area contributed by atoms with Crippen molar-refractivity contribution in [3.05, 3.63) is 88.5 Å². The summed E-state index contributed by atoms with van der Waals surface area (Å²) in [5, 5.41) is 11.7. The summed E-state index contributed by atoms with van der Waals surface area (Å²) in [4.78, 5) is 23.8. The molecule has 0 bridgehead atoms. The highest BCUT2D eigenvalue weighted by molar-refractivity contribution is 6.06.